The van der Waals surface area contributed by atoms with Crippen LogP contribution in [0.2, 0.25) is 0 Å². The molecule has 0 bridgehead atoms. The first-order chi connectivity index (χ1) is 20.6. The molecule has 15 heteroatoms. The third-order valence-electron chi connectivity index (χ3n) is 7.04. The van der Waals surface area contributed by atoms with Crippen molar-refractivity contribution in [3.05, 3.63) is 92.4 Å². The van der Waals surface area contributed by atoms with Crippen LogP contribution in [0.25, 0.3) is 22.0 Å². The number of fused-ring (bicyclic) bond motifs is 1. The molecule has 4 rings (SSSR count). The van der Waals surface area contributed by atoms with Crippen LogP contribution >= 0.6 is 0 Å². The van der Waals surface area contributed by atoms with Gasteiger partial charge in [0.15, 0.2) is 0 Å². The SMILES string of the molecule is CC[C@@H](Nc1cc(F)c(C(=O)N[C@@H](Cc2ccc(-c3cn(C)c(=O)n(C)c3=O)c3ncccc23)C(=O)O)c(F)c1)C(F)(F)F. The third-order valence-corrected chi connectivity index (χ3v) is 7.04. The predicted molar refractivity (Wildman–Crippen MR) is 150 cm³/mol. The number of anilines is 1. The fourth-order valence-electron chi connectivity index (χ4n) is 4.76. The lowest BCUT2D eigenvalue weighted by Gasteiger charge is -2.22. The number of rotatable bonds is 9. The van der Waals surface area contributed by atoms with Crippen molar-refractivity contribution < 1.29 is 36.6 Å². The van der Waals surface area contributed by atoms with Gasteiger partial charge < -0.3 is 20.3 Å². The summed E-state index contributed by atoms with van der Waals surface area (Å²) in [7, 11) is 2.79. The second kappa shape index (κ2) is 12.3. The van der Waals surface area contributed by atoms with E-state index in [1.165, 1.54) is 50.1 Å². The number of benzene rings is 2. The molecule has 4 aromatic rings. The molecule has 0 aliphatic rings. The Morgan fingerprint density at radius 2 is 1.70 bits per heavy atom. The van der Waals surface area contributed by atoms with E-state index in [0.29, 0.717) is 34.2 Å². The molecule has 10 nitrogen and oxygen atoms in total. The summed E-state index contributed by atoms with van der Waals surface area (Å²) in [5.41, 5.74) is -1.71. The summed E-state index contributed by atoms with van der Waals surface area (Å²) in [5, 5.41) is 14.3. The number of halogens is 5. The first-order valence-electron chi connectivity index (χ1n) is 13.1. The molecule has 44 heavy (non-hydrogen) atoms. The molecule has 0 saturated heterocycles. The van der Waals surface area contributed by atoms with Gasteiger partial charge in [0, 0.05) is 49.5 Å². The van der Waals surface area contributed by atoms with Gasteiger partial charge >= 0.3 is 17.8 Å². The predicted octanol–water partition coefficient (Wildman–Crippen LogP) is 3.76. The van der Waals surface area contributed by atoms with E-state index in [0.717, 1.165) is 4.57 Å². The number of aromatic nitrogens is 3. The van der Waals surface area contributed by atoms with E-state index in [1.807, 2.05) is 5.32 Å². The third kappa shape index (κ3) is 6.31. The van der Waals surface area contributed by atoms with Crippen molar-refractivity contribution in [2.75, 3.05) is 5.32 Å². The van der Waals surface area contributed by atoms with Crippen LogP contribution in [0.5, 0.6) is 0 Å². The number of carboxylic acid groups (broad SMARTS) is 1. The molecule has 0 aliphatic carbocycles. The van der Waals surface area contributed by atoms with E-state index >= 15 is 0 Å². The largest absolute Gasteiger partial charge is 0.480 e. The first kappa shape index (κ1) is 31.8. The summed E-state index contributed by atoms with van der Waals surface area (Å²) < 4.78 is 71.0. The van der Waals surface area contributed by atoms with Crippen LogP contribution in [0.3, 0.4) is 0 Å². The second-order valence-corrected chi connectivity index (χ2v) is 10.0. The summed E-state index contributed by atoms with van der Waals surface area (Å²) >= 11 is 0. The topological polar surface area (TPSA) is 135 Å². The second-order valence-electron chi connectivity index (χ2n) is 10.0. The molecule has 0 radical (unpaired) electrons. The van der Waals surface area contributed by atoms with E-state index in [4.69, 9.17) is 0 Å². The van der Waals surface area contributed by atoms with E-state index < -0.39 is 70.7 Å². The van der Waals surface area contributed by atoms with Crippen molar-refractivity contribution in [1.82, 2.24) is 19.4 Å². The standard InChI is InChI=1S/C29H26F5N5O5/c1-4-22(29(32,33)34)36-15-11-19(30)23(20(31)12-15)25(40)37-21(27(42)43)10-14-7-8-17(24-16(14)6-5-9-35-24)18-13-38(2)28(44)39(3)26(18)41/h5-9,11-13,21-22,36H,4,10H2,1-3H3,(H,37,40)(H,42,43)/t21-,22+/m0/s1. The fourth-order valence-corrected chi connectivity index (χ4v) is 4.76. The Bertz CT molecular complexity index is 1860. The molecule has 0 spiro atoms. The van der Waals surface area contributed by atoms with Gasteiger partial charge in [0.05, 0.1) is 11.1 Å². The minimum Gasteiger partial charge on any atom is -0.480 e. The van der Waals surface area contributed by atoms with Gasteiger partial charge in [-0.15, -0.1) is 0 Å². The smallest absolute Gasteiger partial charge is 0.408 e. The number of hydrogen-bond donors (Lipinski definition) is 3. The van der Waals surface area contributed by atoms with Crippen LogP contribution in [0.15, 0.2) is 58.4 Å². The van der Waals surface area contributed by atoms with Crippen molar-refractivity contribution >= 4 is 28.5 Å². The number of hydrogen-bond acceptors (Lipinski definition) is 6. The Balaban J connectivity index is 1.65. The highest BCUT2D eigenvalue weighted by molar-refractivity contribution is 5.98. The fraction of sp³-hybridized carbons (Fsp3) is 0.276. The minimum absolute atomic E-state index is 0.150. The molecule has 2 atom stereocenters. The molecular weight excluding hydrogens is 593 g/mol. The number of pyridine rings is 1. The Labute approximate surface area is 245 Å². The maximum absolute atomic E-state index is 14.8. The molecule has 232 valence electrons. The van der Waals surface area contributed by atoms with Gasteiger partial charge in [0.2, 0.25) is 0 Å². The molecule has 1 amide bonds. The van der Waals surface area contributed by atoms with E-state index in [-0.39, 0.29) is 12.0 Å². The molecule has 2 aromatic heterocycles. The van der Waals surface area contributed by atoms with Crippen LogP contribution in [-0.4, -0.2) is 49.4 Å². The highest BCUT2D eigenvalue weighted by Crippen LogP contribution is 2.29. The van der Waals surface area contributed by atoms with Crippen LogP contribution in [0.4, 0.5) is 27.6 Å². The number of carbonyl (C=O) groups is 2. The number of aryl methyl sites for hydroxylation is 1. The van der Waals surface area contributed by atoms with Crippen LogP contribution in [0, 0.1) is 11.6 Å². The number of nitrogens with one attached hydrogen (secondary N) is 2. The van der Waals surface area contributed by atoms with Crippen molar-refractivity contribution in [3.8, 4) is 11.1 Å². The lowest BCUT2D eigenvalue weighted by Crippen LogP contribution is -2.43. The van der Waals surface area contributed by atoms with E-state index in [9.17, 15) is 46.2 Å². The average molecular weight is 620 g/mol. The lowest BCUT2D eigenvalue weighted by atomic mass is 9.96. The van der Waals surface area contributed by atoms with Crippen LogP contribution in [-0.2, 0) is 25.3 Å². The number of aliphatic carboxylic acids is 1. The normalized spacial score (nSPS) is 13.0. The zero-order chi connectivity index (χ0) is 32.5. The Morgan fingerprint density at radius 3 is 2.30 bits per heavy atom. The zero-order valence-electron chi connectivity index (χ0n) is 23.5. The van der Waals surface area contributed by atoms with E-state index in [2.05, 4.69) is 10.3 Å². The van der Waals surface area contributed by atoms with Crippen molar-refractivity contribution in [1.29, 1.82) is 0 Å². The maximum Gasteiger partial charge on any atom is 0.408 e. The van der Waals surface area contributed by atoms with Gasteiger partial charge in [-0.05, 0) is 30.2 Å². The molecule has 3 N–H and O–H groups in total. The molecule has 0 saturated carbocycles. The number of alkyl halides is 3. The van der Waals surface area contributed by atoms with E-state index in [1.54, 1.807) is 12.1 Å². The Kier molecular flexibility index (Phi) is 8.88. The highest BCUT2D eigenvalue weighted by atomic mass is 19.4. The maximum atomic E-state index is 14.8. The van der Waals surface area contributed by atoms with Gasteiger partial charge in [-0.1, -0.05) is 25.1 Å². The van der Waals surface area contributed by atoms with Crippen LogP contribution < -0.4 is 21.9 Å². The van der Waals surface area contributed by atoms with Crippen molar-refractivity contribution in [3.63, 3.8) is 0 Å². The number of nitrogens with zero attached hydrogens (tertiary/aromatic N) is 3. The molecule has 0 fully saturated rings. The van der Waals surface area contributed by atoms with Crippen LogP contribution in [0.1, 0.15) is 29.3 Å². The zero-order valence-corrected chi connectivity index (χ0v) is 23.5. The number of carboxylic acids is 1. The monoisotopic (exact) mass is 619 g/mol. The van der Waals surface area contributed by atoms with Crippen molar-refractivity contribution in [2.24, 2.45) is 14.1 Å². The molecular formula is C29H26F5N5O5. The molecule has 0 aliphatic heterocycles. The molecule has 0 unspecified atom stereocenters. The average Bonchev–Trinajstić information content (AvgIpc) is 2.95. The van der Waals surface area contributed by atoms with Crippen molar-refractivity contribution in [2.45, 2.75) is 38.0 Å². The summed E-state index contributed by atoms with van der Waals surface area (Å²) in [5.74, 6) is -5.97. The number of amides is 1. The van der Waals surface area contributed by atoms with Gasteiger partial charge in [-0.3, -0.25) is 19.1 Å². The Morgan fingerprint density at radius 1 is 1.05 bits per heavy atom. The quantitative estimate of drug-likeness (QED) is 0.243. The van der Waals surface area contributed by atoms with Gasteiger partial charge in [0.25, 0.3) is 11.5 Å². The molecule has 2 heterocycles. The number of carbonyl (C=O) groups excluding carboxylic acids is 1. The lowest BCUT2D eigenvalue weighted by molar-refractivity contribution is -0.143. The summed E-state index contributed by atoms with van der Waals surface area (Å²) in [4.78, 5) is 54.3. The van der Waals surface area contributed by atoms with Gasteiger partial charge in [-0.25, -0.2) is 18.4 Å². The first-order valence-corrected chi connectivity index (χ1v) is 13.1. The molecule has 2 aromatic carbocycles. The van der Waals surface area contributed by atoms with Gasteiger partial charge in [-0.2, -0.15) is 13.2 Å². The highest BCUT2D eigenvalue weighted by Gasteiger charge is 2.38. The summed E-state index contributed by atoms with van der Waals surface area (Å²) in [6.07, 6.45) is -2.70. The summed E-state index contributed by atoms with van der Waals surface area (Å²) in [6, 6.07) is 3.40. The minimum atomic E-state index is -4.70. The Hall–Kier alpha value is -5.08. The summed E-state index contributed by atoms with van der Waals surface area (Å²) in [6.45, 7) is 1.23. The van der Waals surface area contributed by atoms with Gasteiger partial charge in [0.1, 0.15) is 29.3 Å².